The Morgan fingerprint density at radius 1 is 1.00 bits per heavy atom. The minimum Gasteiger partial charge on any atom is -0.468 e. The van der Waals surface area contributed by atoms with Crippen molar-refractivity contribution in [3.8, 4) is 0 Å². The van der Waals surface area contributed by atoms with Gasteiger partial charge in [0.05, 0.1) is 17.4 Å². The Morgan fingerprint density at radius 2 is 1.59 bits per heavy atom. The van der Waals surface area contributed by atoms with Crippen LogP contribution in [0.4, 0.5) is 0 Å². The largest absolute Gasteiger partial charge is 0.468 e. The Morgan fingerprint density at radius 3 is 2.15 bits per heavy atom. The molecule has 1 heterocycles. The van der Waals surface area contributed by atoms with E-state index in [1.165, 1.54) is 24.3 Å². The van der Waals surface area contributed by atoms with Crippen LogP contribution in [0, 0.1) is 6.92 Å². The molecule has 0 saturated carbocycles. The molecule has 2 aromatic carbocycles. The molecule has 1 aliphatic heterocycles. The number of carbonyl (C=O) groups is 1. The molecule has 27 heavy (non-hydrogen) atoms. The van der Waals surface area contributed by atoms with E-state index >= 15 is 0 Å². The molecule has 2 aromatic rings. The summed E-state index contributed by atoms with van der Waals surface area (Å²) in [7, 11) is -2.52. The van der Waals surface area contributed by atoms with E-state index in [9.17, 15) is 13.2 Å². The summed E-state index contributed by atoms with van der Waals surface area (Å²) < 4.78 is 35.3. The van der Waals surface area contributed by atoms with Crippen molar-refractivity contribution in [2.75, 3.05) is 20.2 Å². The lowest BCUT2D eigenvalue weighted by Crippen LogP contribution is -2.48. The van der Waals surface area contributed by atoms with E-state index in [1.807, 2.05) is 37.3 Å². The standard InChI is InChI=1S/C20H23NO5S/c1-16-8-10-18(11-9-16)27(23,24)26-21-14-12-20(13-15-21,19(22)25-2)17-6-4-3-5-7-17/h3-11H,12-15H2,1-2H3. The molecule has 6 nitrogen and oxygen atoms in total. The van der Waals surface area contributed by atoms with Gasteiger partial charge in [-0.3, -0.25) is 4.79 Å². The second-order valence-electron chi connectivity index (χ2n) is 6.71. The topological polar surface area (TPSA) is 72.9 Å². The molecule has 0 bridgehead atoms. The fourth-order valence-electron chi connectivity index (χ4n) is 3.39. The summed E-state index contributed by atoms with van der Waals surface area (Å²) in [5.74, 6) is -0.310. The third kappa shape index (κ3) is 4.05. The number of benzene rings is 2. The van der Waals surface area contributed by atoms with E-state index in [4.69, 9.17) is 9.02 Å². The van der Waals surface area contributed by atoms with Crippen molar-refractivity contribution < 1.29 is 22.2 Å². The smallest absolute Gasteiger partial charge is 0.316 e. The van der Waals surface area contributed by atoms with Crippen LogP contribution in [0.2, 0.25) is 0 Å². The lowest BCUT2D eigenvalue weighted by atomic mass is 9.73. The van der Waals surface area contributed by atoms with Crippen molar-refractivity contribution in [1.82, 2.24) is 5.06 Å². The van der Waals surface area contributed by atoms with Crippen molar-refractivity contribution in [2.45, 2.75) is 30.1 Å². The van der Waals surface area contributed by atoms with Gasteiger partial charge in [0.15, 0.2) is 0 Å². The quantitative estimate of drug-likeness (QED) is 0.732. The van der Waals surface area contributed by atoms with Crippen LogP contribution in [0.1, 0.15) is 24.0 Å². The number of rotatable bonds is 5. The van der Waals surface area contributed by atoms with E-state index in [-0.39, 0.29) is 10.9 Å². The number of esters is 1. The van der Waals surface area contributed by atoms with Crippen LogP contribution in [0.15, 0.2) is 59.5 Å². The van der Waals surface area contributed by atoms with Crippen LogP contribution in [0.3, 0.4) is 0 Å². The van der Waals surface area contributed by atoms with Crippen LogP contribution in [-0.4, -0.2) is 39.6 Å². The molecule has 1 aliphatic rings. The lowest BCUT2D eigenvalue weighted by molar-refractivity contribution is -0.154. The fraction of sp³-hybridized carbons (Fsp3) is 0.350. The summed E-state index contributed by atoms with van der Waals surface area (Å²) in [6, 6.07) is 16.0. The van der Waals surface area contributed by atoms with Crippen molar-refractivity contribution >= 4 is 16.1 Å². The van der Waals surface area contributed by atoms with Gasteiger partial charge in [-0.15, -0.1) is 0 Å². The first-order chi connectivity index (χ1) is 12.9. The first-order valence-corrected chi connectivity index (χ1v) is 10.2. The molecule has 3 rings (SSSR count). The molecule has 144 valence electrons. The summed E-state index contributed by atoms with van der Waals surface area (Å²) >= 11 is 0. The van der Waals surface area contributed by atoms with Crippen molar-refractivity contribution in [3.05, 3.63) is 65.7 Å². The first-order valence-electron chi connectivity index (χ1n) is 8.77. The molecule has 0 aliphatic carbocycles. The summed E-state index contributed by atoms with van der Waals surface area (Å²) in [5.41, 5.74) is 1.05. The minimum absolute atomic E-state index is 0.112. The molecule has 0 amide bonds. The number of piperidine rings is 1. The van der Waals surface area contributed by atoms with E-state index in [0.29, 0.717) is 25.9 Å². The average molecular weight is 389 g/mol. The summed E-state index contributed by atoms with van der Waals surface area (Å²) in [5, 5.41) is 1.40. The molecular formula is C20H23NO5S. The second-order valence-corrected chi connectivity index (χ2v) is 8.24. The molecule has 0 aromatic heterocycles. The Bertz CT molecular complexity index is 886. The highest BCUT2D eigenvalue weighted by molar-refractivity contribution is 7.86. The number of nitrogens with zero attached hydrogens (tertiary/aromatic N) is 1. The monoisotopic (exact) mass is 389 g/mol. The zero-order valence-corrected chi connectivity index (χ0v) is 16.2. The van der Waals surface area contributed by atoms with Gasteiger partial charge < -0.3 is 4.74 Å². The van der Waals surface area contributed by atoms with Gasteiger partial charge in [-0.05, 0) is 37.5 Å². The van der Waals surface area contributed by atoms with Gasteiger partial charge in [0.1, 0.15) is 0 Å². The minimum atomic E-state index is -3.89. The van der Waals surface area contributed by atoms with Crippen molar-refractivity contribution in [3.63, 3.8) is 0 Å². The number of aryl methyl sites for hydroxylation is 1. The van der Waals surface area contributed by atoms with Crippen molar-refractivity contribution in [1.29, 1.82) is 0 Å². The van der Waals surface area contributed by atoms with Gasteiger partial charge in [0.25, 0.3) is 0 Å². The molecule has 0 spiro atoms. The maximum absolute atomic E-state index is 12.5. The van der Waals surface area contributed by atoms with Crippen LogP contribution in [0.5, 0.6) is 0 Å². The van der Waals surface area contributed by atoms with E-state index in [1.54, 1.807) is 12.1 Å². The first kappa shape index (κ1) is 19.5. The number of ether oxygens (including phenoxy) is 1. The highest BCUT2D eigenvalue weighted by Gasteiger charge is 2.44. The third-order valence-electron chi connectivity index (χ3n) is 4.99. The van der Waals surface area contributed by atoms with Gasteiger partial charge in [-0.25, -0.2) is 0 Å². The Labute approximate surface area is 159 Å². The van der Waals surface area contributed by atoms with Gasteiger partial charge in [0.2, 0.25) is 0 Å². The summed E-state index contributed by atoms with van der Waals surface area (Å²) in [4.78, 5) is 12.6. The van der Waals surface area contributed by atoms with Gasteiger partial charge >= 0.3 is 16.1 Å². The summed E-state index contributed by atoms with van der Waals surface area (Å²) in [6.45, 7) is 2.49. The number of carbonyl (C=O) groups excluding carboxylic acids is 1. The third-order valence-corrected chi connectivity index (χ3v) is 6.25. The van der Waals surface area contributed by atoms with Gasteiger partial charge in [-0.2, -0.15) is 17.8 Å². The number of hydroxylamine groups is 2. The Kier molecular flexibility index (Phi) is 5.64. The predicted octanol–water partition coefficient (Wildman–Crippen LogP) is 2.82. The lowest BCUT2D eigenvalue weighted by Gasteiger charge is -2.38. The normalized spacial score (nSPS) is 17.4. The molecule has 7 heteroatoms. The van der Waals surface area contributed by atoms with Crippen LogP contribution in [0.25, 0.3) is 0 Å². The van der Waals surface area contributed by atoms with Crippen LogP contribution >= 0.6 is 0 Å². The number of hydrogen-bond acceptors (Lipinski definition) is 6. The van der Waals surface area contributed by atoms with Gasteiger partial charge in [0, 0.05) is 13.1 Å². The highest BCUT2D eigenvalue weighted by Crippen LogP contribution is 2.37. The maximum atomic E-state index is 12.5. The number of hydrogen-bond donors (Lipinski definition) is 0. The predicted molar refractivity (Wildman–Crippen MR) is 100 cm³/mol. The zero-order chi connectivity index (χ0) is 19.5. The molecule has 0 N–H and O–H groups in total. The highest BCUT2D eigenvalue weighted by atomic mass is 32.2. The fourth-order valence-corrected chi connectivity index (χ4v) is 4.37. The van der Waals surface area contributed by atoms with E-state index < -0.39 is 15.5 Å². The molecular weight excluding hydrogens is 366 g/mol. The SMILES string of the molecule is COC(=O)C1(c2ccccc2)CCN(OS(=O)(=O)c2ccc(C)cc2)CC1. The summed E-state index contributed by atoms with van der Waals surface area (Å²) in [6.07, 6.45) is 0.820. The van der Waals surface area contributed by atoms with Crippen molar-refractivity contribution in [2.24, 2.45) is 0 Å². The second kappa shape index (κ2) is 7.80. The van der Waals surface area contributed by atoms with E-state index in [2.05, 4.69) is 0 Å². The van der Waals surface area contributed by atoms with Gasteiger partial charge in [-0.1, -0.05) is 48.0 Å². The Hall–Kier alpha value is -2.22. The zero-order valence-electron chi connectivity index (χ0n) is 15.4. The maximum Gasteiger partial charge on any atom is 0.316 e. The molecule has 1 fully saturated rings. The number of methoxy groups -OCH3 is 1. The Balaban J connectivity index is 1.75. The molecule has 0 unspecified atom stereocenters. The molecule has 0 radical (unpaired) electrons. The van der Waals surface area contributed by atoms with Crippen LogP contribution in [-0.2, 0) is 29.3 Å². The average Bonchev–Trinajstić information content (AvgIpc) is 2.69. The molecule has 1 saturated heterocycles. The van der Waals surface area contributed by atoms with Crippen LogP contribution < -0.4 is 0 Å². The molecule has 0 atom stereocenters. The van der Waals surface area contributed by atoms with E-state index in [0.717, 1.165) is 11.1 Å².